The van der Waals surface area contributed by atoms with E-state index in [0.717, 1.165) is 57.7 Å². The molecule has 5 amide bonds. The van der Waals surface area contributed by atoms with Gasteiger partial charge in [0.25, 0.3) is 0 Å². The van der Waals surface area contributed by atoms with Gasteiger partial charge in [0.05, 0.1) is 49.0 Å². The highest BCUT2D eigenvalue weighted by Crippen LogP contribution is 2.42. The summed E-state index contributed by atoms with van der Waals surface area (Å²) in [5, 5.41) is 5.18. The zero-order chi connectivity index (χ0) is 82.3. The Morgan fingerprint density at radius 1 is 0.562 bits per heavy atom. The Bertz CT molecular complexity index is 3350. The van der Waals surface area contributed by atoms with Crippen LogP contribution in [0.25, 0.3) is 0 Å². The number of likely N-dealkylation sites (N-methyl/N-ethyl adjacent to an activating group) is 1. The largest absolute Gasteiger partial charge is 0.449 e. The second-order valence-corrected chi connectivity index (χ2v) is 35.7. The minimum Gasteiger partial charge on any atom is -0.449 e. The van der Waals surface area contributed by atoms with Gasteiger partial charge in [-0.05, 0) is 126 Å². The van der Waals surface area contributed by atoms with Gasteiger partial charge in [0.15, 0.2) is 0 Å². The van der Waals surface area contributed by atoms with Gasteiger partial charge in [0.1, 0.15) is 5.60 Å². The third-order valence-electron chi connectivity index (χ3n) is 15.7. The van der Waals surface area contributed by atoms with Gasteiger partial charge in [-0.1, -0.05) is 152 Å². The first-order chi connectivity index (χ1) is 48.1. The van der Waals surface area contributed by atoms with E-state index >= 15 is 0 Å². The lowest BCUT2D eigenvalue weighted by Crippen LogP contribution is -2.51. The number of cyclic esters (lactones) is 1. The molecule has 0 unspecified atom stereocenters. The van der Waals surface area contributed by atoms with Crippen LogP contribution in [0.4, 0.5) is 31.4 Å². The minimum absolute atomic E-state index is 0.139. The molecule has 3 aromatic carbocycles. The van der Waals surface area contributed by atoms with E-state index in [1.54, 1.807) is 20.8 Å². The van der Waals surface area contributed by atoms with Crippen molar-refractivity contribution in [1.82, 2.24) is 29.6 Å². The van der Waals surface area contributed by atoms with E-state index in [0.29, 0.717) is 121 Å². The number of sulfonamides is 1. The average Bonchev–Trinajstić information content (AvgIpc) is 1.75. The Morgan fingerprint density at radius 3 is 1.37 bits per heavy atom. The summed E-state index contributed by atoms with van der Waals surface area (Å²) in [7, 11) is 4.68. The summed E-state index contributed by atoms with van der Waals surface area (Å²) >= 11 is 0. The van der Waals surface area contributed by atoms with Gasteiger partial charge >= 0.3 is 18.3 Å². The topological polar surface area (TPSA) is 296 Å². The molecule has 26 heteroatoms. The smallest absolute Gasteiger partial charge is 0.417 e. The zero-order valence-corrected chi connectivity index (χ0v) is 71.8. The lowest BCUT2D eigenvalue weighted by Gasteiger charge is -2.35. The molecule has 25 nitrogen and oxygen atoms in total. The summed E-state index contributed by atoms with van der Waals surface area (Å²) in [6.07, 6.45) is 1.26. The number of anilines is 3. The number of alkyl carbamates (subject to hydrolysis) is 2. The monoisotopic (exact) mass is 1510 g/mol. The number of amides is 5. The molecule has 2 aliphatic heterocycles. The number of imide groups is 1. The average molecular weight is 1510 g/mol. The van der Waals surface area contributed by atoms with E-state index in [1.807, 2.05) is 165 Å². The lowest BCUT2D eigenvalue weighted by atomic mass is 9.82. The maximum atomic E-state index is 11.6. The molecule has 0 bridgehead atoms. The van der Waals surface area contributed by atoms with E-state index in [-0.39, 0.29) is 92.0 Å². The predicted molar refractivity (Wildman–Crippen MR) is 430 cm³/mol. The molecular formula is C79H143N9O16S. The van der Waals surface area contributed by atoms with E-state index in [9.17, 15) is 61.2 Å². The molecule has 105 heavy (non-hydrogen) atoms. The summed E-state index contributed by atoms with van der Waals surface area (Å²) < 4.78 is 39.1. The first-order valence-corrected chi connectivity index (χ1v) is 39.6. The van der Waals surface area contributed by atoms with E-state index < -0.39 is 21.7 Å². The van der Waals surface area contributed by atoms with Crippen LogP contribution in [0.2, 0.25) is 0 Å². The van der Waals surface area contributed by atoms with Crippen LogP contribution in [-0.4, -0.2) is 188 Å². The van der Waals surface area contributed by atoms with Crippen molar-refractivity contribution in [3.63, 3.8) is 0 Å². The molecule has 3 aliphatic rings. The molecule has 1 saturated carbocycles. The van der Waals surface area contributed by atoms with Crippen molar-refractivity contribution in [1.29, 1.82) is 0 Å². The van der Waals surface area contributed by atoms with E-state index in [2.05, 4.69) is 70.9 Å². The quantitative estimate of drug-likeness (QED) is 0.0557. The maximum Gasteiger partial charge on any atom is 0.417 e. The summed E-state index contributed by atoms with van der Waals surface area (Å²) in [5.74, 6) is 4.38. The molecule has 1 aliphatic carbocycles. The van der Waals surface area contributed by atoms with Crippen LogP contribution < -0.4 is 57.9 Å². The van der Waals surface area contributed by atoms with Crippen molar-refractivity contribution in [2.75, 3.05) is 134 Å². The fourth-order valence-electron chi connectivity index (χ4n) is 11.1. The molecular weight excluding hydrogens is 1360 g/mol. The lowest BCUT2D eigenvalue weighted by molar-refractivity contribution is -0.142. The molecule has 0 spiro atoms. The third kappa shape index (κ3) is 37.7. The normalized spacial score (nSPS) is 14.6. The highest BCUT2D eigenvalue weighted by molar-refractivity contribution is 7.89. The Hall–Kier alpha value is -6.54. The number of hydrogen-bond donors (Lipinski definition) is 2. The number of rotatable bonds is 26. The summed E-state index contributed by atoms with van der Waals surface area (Å²) in [4.78, 5) is 136. The number of piperazine rings is 1. The number of ether oxygens (including phenoxy) is 3. The van der Waals surface area contributed by atoms with Gasteiger partial charge in [0.2, 0.25) is 54.4 Å². The van der Waals surface area contributed by atoms with Crippen molar-refractivity contribution in [3.05, 3.63) is 78.0 Å². The molecule has 2 heterocycles. The van der Waals surface area contributed by atoms with Crippen LogP contribution >= 0.6 is 0 Å². The Morgan fingerprint density at radius 2 is 1.00 bits per heavy atom. The van der Waals surface area contributed by atoms with Crippen LogP contribution in [0.15, 0.2) is 28.8 Å². The summed E-state index contributed by atoms with van der Waals surface area (Å²) in [6.45, 7) is 64.5. The van der Waals surface area contributed by atoms with Gasteiger partial charge in [-0.3, -0.25) is 43.3 Å². The SMILES string of the molecule is CC(C)CN(C)c1c(C(C)(C)C)c(=O)c1=O.CC(C)CN(C)c1c(C(C)C)c(=O)c1=O.CC(C)CN(C)c1c(C2CC2)c(=O)c1=O.CC(C)CN1C(=O)CC(C)(C)OC1=O.CC(C)CN1CCN(C)CC1=O.CC(C)COC(=O)NC(C)C.CCN(CC(C)C)S(=O)(=O)CC.CCNC(=O)OCC(C)C. The van der Waals surface area contributed by atoms with Gasteiger partial charge < -0.3 is 44.4 Å². The molecule has 0 radical (unpaired) electrons. The van der Waals surface area contributed by atoms with Crippen molar-refractivity contribution in [3.8, 4) is 0 Å². The number of carbonyl (C=O) groups is 5. The fourth-order valence-corrected chi connectivity index (χ4v) is 12.4. The summed E-state index contributed by atoms with van der Waals surface area (Å²) in [6, 6.07) is 0.148. The highest BCUT2D eigenvalue weighted by atomic mass is 32.2. The van der Waals surface area contributed by atoms with Gasteiger partial charge in [0, 0.05) is 109 Å². The fraction of sp³-hybridized carbons (Fsp3) is 0.785. The third-order valence-corrected chi connectivity index (χ3v) is 17.6. The predicted octanol–water partition coefficient (Wildman–Crippen LogP) is 11.1. The Labute approximate surface area is 631 Å². The van der Waals surface area contributed by atoms with Crippen molar-refractivity contribution in [2.24, 2.45) is 47.3 Å². The van der Waals surface area contributed by atoms with Crippen LogP contribution in [0.3, 0.4) is 0 Å². The molecule has 3 fully saturated rings. The number of hydrogen-bond acceptors (Lipinski definition) is 20. The van der Waals surface area contributed by atoms with Gasteiger partial charge in [-0.25, -0.2) is 32.0 Å². The van der Waals surface area contributed by atoms with Crippen LogP contribution in [0, 0.1) is 47.3 Å². The molecule has 0 atom stereocenters. The van der Waals surface area contributed by atoms with Crippen molar-refractivity contribution in [2.45, 2.75) is 242 Å². The van der Waals surface area contributed by atoms with Crippen LogP contribution in [-0.2, 0) is 39.2 Å². The second kappa shape index (κ2) is 47.3. The van der Waals surface area contributed by atoms with Crippen molar-refractivity contribution < 1.29 is 46.6 Å². The first-order valence-electron chi connectivity index (χ1n) is 38.0. The van der Waals surface area contributed by atoms with E-state index in [4.69, 9.17) is 14.2 Å². The summed E-state index contributed by atoms with van der Waals surface area (Å²) in [5.41, 5.74) is 1.47. The first kappa shape index (κ1) is 101. The molecule has 3 aromatic rings. The molecule has 606 valence electrons. The van der Waals surface area contributed by atoms with E-state index in [1.165, 1.54) is 9.21 Å². The Kier molecular flexibility index (Phi) is 45.3. The molecule has 6 rings (SSSR count). The molecule has 0 aromatic heterocycles. The van der Waals surface area contributed by atoms with Crippen LogP contribution in [0.5, 0.6) is 0 Å². The maximum absolute atomic E-state index is 11.6. The Balaban J connectivity index is 0. The van der Waals surface area contributed by atoms with Crippen molar-refractivity contribution >= 4 is 57.2 Å². The molecule has 2 N–H and O–H groups in total. The number of carbonyl (C=O) groups excluding carboxylic acids is 5. The zero-order valence-electron chi connectivity index (χ0n) is 70.9. The standard InChI is InChI=1S/C13H21NO2.C12H17NO2.C12H19NO2.C10H17NO3.C9H18N2O.C8H19NO2S.C8H17NO2.C7H15NO2/c1-8(2)7-14(6)10-9(13(3,4)5)11(15)12(10)16;1-7(2)6-13(3)10-9(8-4-5-8)11(14)12(10)15;1-7(2)6-13(5)10-9(8(3)4)11(14)12(10)15;1-7(2)6-11-8(12)5-10(3,4)14-9(11)13;1-8(2)6-11-5-4-10(3)7-9(11)12;1-5-9(7-8(3)4)12(10,11)6-2;1-6(2)5-11-8(10)9-7(3)4;1-4-8-7(9)10-5-6(2)3/h8H,7H2,1-6H3;7-8H,4-6H2,1-3H3;7-8H,6H2,1-5H3;7H,5-6H2,1-4H3;8H,4-7H2,1-3H3;8H,5-7H2,1-4H3;6-7H,5H2,1-4H3,(H,9,10);6H,4-5H2,1-3H3,(H,8,9). The van der Waals surface area contributed by atoms with Gasteiger partial charge in [-0.2, -0.15) is 0 Å². The number of nitrogens with one attached hydrogen (secondary N) is 2. The molecule has 2 saturated heterocycles. The second-order valence-electron chi connectivity index (χ2n) is 33.5. The van der Waals surface area contributed by atoms with Crippen LogP contribution in [0.1, 0.15) is 242 Å². The minimum atomic E-state index is -2.97. The number of nitrogens with zero attached hydrogens (tertiary/aromatic N) is 7. The highest BCUT2D eigenvalue weighted by Gasteiger charge is 2.40. The van der Waals surface area contributed by atoms with Gasteiger partial charge in [-0.15, -0.1) is 0 Å².